The monoisotopic (exact) mass is 718 g/mol. The molecule has 4 aliphatic heterocycles. The minimum atomic E-state index is -1.17. The summed E-state index contributed by atoms with van der Waals surface area (Å²) >= 11 is 2.82. The summed E-state index contributed by atoms with van der Waals surface area (Å²) in [6.45, 7) is 9.37. The van der Waals surface area contributed by atoms with E-state index in [9.17, 15) is 33.6 Å². The van der Waals surface area contributed by atoms with E-state index in [4.69, 9.17) is 18.9 Å². The lowest BCUT2D eigenvalue weighted by Crippen LogP contribution is -2.71. The van der Waals surface area contributed by atoms with E-state index in [1.165, 1.54) is 59.5 Å². The van der Waals surface area contributed by atoms with Gasteiger partial charge < -0.3 is 34.1 Å². The molecule has 0 saturated carbocycles. The van der Waals surface area contributed by atoms with E-state index < -0.39 is 81.5 Å². The van der Waals surface area contributed by atoms with Crippen molar-refractivity contribution in [2.45, 2.75) is 98.8 Å². The van der Waals surface area contributed by atoms with Crippen molar-refractivity contribution in [1.29, 1.82) is 0 Å². The Balaban J connectivity index is 1.24. The van der Waals surface area contributed by atoms with Crippen molar-refractivity contribution in [2.24, 2.45) is 4.99 Å². The summed E-state index contributed by atoms with van der Waals surface area (Å²) < 4.78 is 19.0. The predicted octanol–water partition coefficient (Wildman–Crippen LogP) is 1.72. The molecule has 17 heteroatoms. The maximum Gasteiger partial charge on any atom is 0.333 e. The molecule has 3 amide bonds. The molecular weight excluding hydrogens is 681 g/mol. The number of β-lactam (4-membered cyclic amide) rings is 2. The molecule has 1 aromatic rings. The van der Waals surface area contributed by atoms with E-state index in [2.05, 4.69) is 10.3 Å². The Morgan fingerprint density at radius 1 is 0.939 bits per heavy atom. The van der Waals surface area contributed by atoms with Crippen LogP contribution in [0.3, 0.4) is 0 Å². The molecule has 0 spiro atoms. The zero-order valence-electron chi connectivity index (χ0n) is 28.0. The second kappa shape index (κ2) is 13.7. The zero-order valence-corrected chi connectivity index (χ0v) is 29.7. The number of hydrogen-bond acceptors (Lipinski definition) is 14. The van der Waals surface area contributed by atoms with Crippen molar-refractivity contribution >= 4 is 70.8 Å². The second-order valence-electron chi connectivity index (χ2n) is 13.1. The third kappa shape index (κ3) is 7.13. The fourth-order valence-corrected chi connectivity index (χ4v) is 9.57. The molecule has 4 saturated heterocycles. The van der Waals surface area contributed by atoms with Crippen LogP contribution >= 0.6 is 23.5 Å². The van der Waals surface area contributed by atoms with Crippen LogP contribution in [-0.4, -0.2) is 109 Å². The smallest absolute Gasteiger partial charge is 0.333 e. The summed E-state index contributed by atoms with van der Waals surface area (Å²) in [4.78, 5) is 95.9. The van der Waals surface area contributed by atoms with Gasteiger partial charge in [-0.15, -0.1) is 23.5 Å². The first-order valence-corrected chi connectivity index (χ1v) is 17.2. The van der Waals surface area contributed by atoms with Crippen molar-refractivity contribution < 1.29 is 52.5 Å². The number of nitrogens with one attached hydrogen (secondary N) is 1. The number of ether oxygens (including phenoxy) is 4. The van der Waals surface area contributed by atoms with E-state index in [-0.39, 0.29) is 23.5 Å². The van der Waals surface area contributed by atoms with Crippen LogP contribution < -0.4 is 10.1 Å². The molecule has 0 aromatic heterocycles. The molecule has 1 aromatic carbocycles. The molecule has 0 bridgehead atoms. The number of carbonyl (C=O) groups is 7. The third-order valence-corrected chi connectivity index (χ3v) is 11.7. The molecule has 0 radical (unpaired) electrons. The number of hydrogen-bond donors (Lipinski definition) is 1. The summed E-state index contributed by atoms with van der Waals surface area (Å²) in [6.07, 6.45) is 0.198. The fraction of sp³-hybridized carbons (Fsp3) is 0.562. The summed E-state index contributed by atoms with van der Waals surface area (Å²) in [6, 6.07) is 2.08. The van der Waals surface area contributed by atoms with Gasteiger partial charge in [0.25, 0.3) is 0 Å². The van der Waals surface area contributed by atoms with Gasteiger partial charge in [0.1, 0.15) is 29.2 Å². The predicted molar refractivity (Wildman–Crippen MR) is 176 cm³/mol. The van der Waals surface area contributed by atoms with E-state index in [0.29, 0.717) is 17.7 Å². The highest BCUT2D eigenvalue weighted by Gasteiger charge is 2.65. The van der Waals surface area contributed by atoms with Gasteiger partial charge in [0.15, 0.2) is 6.04 Å². The van der Waals surface area contributed by atoms with Gasteiger partial charge in [-0.2, -0.15) is 0 Å². The van der Waals surface area contributed by atoms with Gasteiger partial charge in [-0.25, -0.2) is 9.59 Å². The van der Waals surface area contributed by atoms with Gasteiger partial charge in [-0.1, -0.05) is 12.1 Å². The maximum absolute atomic E-state index is 13.7. The van der Waals surface area contributed by atoms with Gasteiger partial charge >= 0.3 is 23.9 Å². The van der Waals surface area contributed by atoms with Crippen LogP contribution in [-0.2, 0) is 47.8 Å². The lowest BCUT2D eigenvalue weighted by molar-refractivity contribution is -0.181. The average molecular weight is 719 g/mol. The standard InChI is InChI=1S/C32H38N4O11S2/c1-15(12-21(39)44-7)33-22(17-8-10-18(11-9-17)47-16(2)37)26(40)34-23-27(41)36-25(32(5,6)49-28(23)36)30(43)46-14-45-29(42)24-31(3,4)48-20-13-19(38)35(20)24/h8-11,20,22-25,28H,12-14H2,1-7H3,(H,34,40)/t20-,22?,23-,24+,25+,28-/m1/s1. The van der Waals surface area contributed by atoms with Crippen LogP contribution in [0.15, 0.2) is 29.3 Å². The van der Waals surface area contributed by atoms with Crippen LogP contribution in [0, 0.1) is 0 Å². The number of nitrogens with zero attached hydrogens (tertiary/aromatic N) is 3. The number of benzene rings is 1. The lowest BCUT2D eigenvalue weighted by Gasteiger charge is -2.44. The maximum atomic E-state index is 13.7. The quantitative estimate of drug-likeness (QED) is 0.115. The molecule has 4 fully saturated rings. The van der Waals surface area contributed by atoms with E-state index in [1.807, 2.05) is 13.8 Å². The molecule has 1 unspecified atom stereocenters. The number of aliphatic imine (C=N–C) groups is 1. The molecule has 0 aliphatic carbocycles. The Morgan fingerprint density at radius 2 is 1.53 bits per heavy atom. The van der Waals surface area contributed by atoms with E-state index in [0.717, 1.165) is 0 Å². The minimum absolute atomic E-state index is 0.0828. The molecule has 1 N–H and O–H groups in total. The van der Waals surface area contributed by atoms with Crippen molar-refractivity contribution in [2.75, 3.05) is 13.9 Å². The Morgan fingerprint density at radius 3 is 2.10 bits per heavy atom. The van der Waals surface area contributed by atoms with Crippen molar-refractivity contribution in [3.8, 4) is 5.75 Å². The molecule has 4 heterocycles. The number of methoxy groups -OCH3 is 1. The number of thioether (sulfide) groups is 2. The van der Waals surface area contributed by atoms with E-state index in [1.54, 1.807) is 32.9 Å². The molecule has 5 rings (SSSR count). The Kier molecular flexibility index (Phi) is 10.1. The zero-order chi connectivity index (χ0) is 36.0. The lowest BCUT2D eigenvalue weighted by atomic mass is 9.95. The van der Waals surface area contributed by atoms with Crippen LogP contribution in [0.1, 0.15) is 66.0 Å². The molecule has 4 aliphatic rings. The average Bonchev–Trinajstić information content (AvgIpc) is 3.41. The van der Waals surface area contributed by atoms with E-state index >= 15 is 0 Å². The summed E-state index contributed by atoms with van der Waals surface area (Å²) in [7, 11) is 1.23. The number of fused-ring (bicyclic) bond motifs is 2. The normalized spacial score (nSPS) is 26.8. The van der Waals surface area contributed by atoms with Crippen molar-refractivity contribution in [1.82, 2.24) is 15.1 Å². The summed E-state index contributed by atoms with van der Waals surface area (Å²) in [5.41, 5.74) is 0.717. The van der Waals surface area contributed by atoms with Crippen LogP contribution in [0.2, 0.25) is 0 Å². The molecule has 264 valence electrons. The largest absolute Gasteiger partial charge is 0.469 e. The molecule has 49 heavy (non-hydrogen) atoms. The highest BCUT2D eigenvalue weighted by Crippen LogP contribution is 2.52. The van der Waals surface area contributed by atoms with Gasteiger partial charge in [-0.05, 0) is 52.3 Å². The summed E-state index contributed by atoms with van der Waals surface area (Å²) in [5, 5.41) is 2.06. The van der Waals surface area contributed by atoms with Crippen LogP contribution in [0.5, 0.6) is 5.75 Å². The first-order chi connectivity index (χ1) is 22.9. The topological polar surface area (TPSA) is 187 Å². The first-order valence-electron chi connectivity index (χ1n) is 15.5. The number of rotatable bonds is 11. The Hall–Kier alpha value is -4.12. The van der Waals surface area contributed by atoms with Gasteiger partial charge in [-0.3, -0.25) is 29.0 Å². The molecule has 6 atom stereocenters. The number of amides is 3. The highest BCUT2D eigenvalue weighted by atomic mass is 32.2. The minimum Gasteiger partial charge on any atom is -0.469 e. The number of carbonyl (C=O) groups excluding carboxylic acids is 7. The van der Waals surface area contributed by atoms with Crippen molar-refractivity contribution in [3.05, 3.63) is 29.8 Å². The molecule has 15 nitrogen and oxygen atoms in total. The Bertz CT molecular complexity index is 1610. The second-order valence-corrected chi connectivity index (χ2v) is 16.7. The Labute approximate surface area is 291 Å². The number of esters is 4. The SMILES string of the molecule is COC(=O)CC(C)=NC(C(=O)N[C@@H]1C(=O)N2[C@@H]1SC(C)(C)[C@@H]2C(=O)OCOC(=O)[C@@H]1N2C(=O)C[C@H]2SC1(C)C)c1ccc(OC(C)=O)cc1. The van der Waals surface area contributed by atoms with Crippen molar-refractivity contribution in [3.63, 3.8) is 0 Å². The third-order valence-electron chi connectivity index (χ3n) is 8.59. The first kappa shape index (κ1) is 36.2. The van der Waals surface area contributed by atoms with Gasteiger partial charge in [0, 0.05) is 22.1 Å². The fourth-order valence-electron chi connectivity index (χ4n) is 6.34. The molecular formula is C32H38N4O11S2. The highest BCUT2D eigenvalue weighted by molar-refractivity contribution is 8.02. The van der Waals surface area contributed by atoms with Gasteiger partial charge in [0.05, 0.1) is 25.3 Å². The van der Waals surface area contributed by atoms with Gasteiger partial charge in [0.2, 0.25) is 24.5 Å². The summed E-state index contributed by atoms with van der Waals surface area (Å²) in [5.74, 6) is -3.54. The van der Waals surface area contributed by atoms with Crippen LogP contribution in [0.25, 0.3) is 0 Å². The van der Waals surface area contributed by atoms with Crippen LogP contribution in [0.4, 0.5) is 0 Å².